The summed E-state index contributed by atoms with van der Waals surface area (Å²) in [5, 5.41) is 11.9. The predicted molar refractivity (Wildman–Crippen MR) is 58.1 cm³/mol. The Labute approximate surface area is 94.7 Å². The van der Waals surface area contributed by atoms with E-state index in [9.17, 15) is 10.0 Å². The standard InChI is InChI=1S/C8H13Br2NO2/c1-6(2)5(12)8(9,10)7(3,4)11(6)13/h11H,1-4H3. The van der Waals surface area contributed by atoms with Crippen LogP contribution in [0.4, 0.5) is 0 Å². The Bertz CT molecular complexity index is 261. The maximum Gasteiger partial charge on any atom is 0.226 e. The van der Waals surface area contributed by atoms with Crippen molar-refractivity contribution < 1.29 is 9.86 Å². The van der Waals surface area contributed by atoms with Gasteiger partial charge in [-0.1, -0.05) is 31.9 Å². The molecule has 0 spiro atoms. The first-order valence-corrected chi connectivity index (χ1v) is 5.62. The van der Waals surface area contributed by atoms with Crippen LogP contribution >= 0.6 is 31.9 Å². The van der Waals surface area contributed by atoms with E-state index in [1.54, 1.807) is 27.7 Å². The number of rotatable bonds is 0. The molecule has 0 amide bonds. The minimum absolute atomic E-state index is 0.0289. The topological polar surface area (TPSA) is 44.6 Å². The summed E-state index contributed by atoms with van der Waals surface area (Å²) in [7, 11) is 0. The van der Waals surface area contributed by atoms with E-state index in [0.717, 1.165) is 0 Å². The Kier molecular flexibility index (Phi) is 2.48. The quantitative estimate of drug-likeness (QED) is 0.535. The second-order valence-corrected chi connectivity index (χ2v) is 7.93. The summed E-state index contributed by atoms with van der Waals surface area (Å²) < 4.78 is -0.909. The minimum atomic E-state index is -0.909. The highest BCUT2D eigenvalue weighted by Crippen LogP contribution is 2.43. The zero-order valence-electron chi connectivity index (χ0n) is 8.07. The zero-order chi connectivity index (χ0) is 10.7. The van der Waals surface area contributed by atoms with Gasteiger partial charge in [-0.05, 0) is 27.7 Å². The van der Waals surface area contributed by atoms with Gasteiger partial charge in [0.2, 0.25) is 5.78 Å². The Morgan fingerprint density at radius 3 is 1.69 bits per heavy atom. The molecule has 76 valence electrons. The molecule has 0 bridgehead atoms. The number of halogens is 2. The fraction of sp³-hybridized carbons (Fsp3) is 0.875. The Hall–Kier alpha value is 0.550. The zero-order valence-corrected chi connectivity index (χ0v) is 11.2. The number of hydrogen-bond acceptors (Lipinski definition) is 2. The highest BCUT2D eigenvalue weighted by Gasteiger charge is 2.67. The summed E-state index contributed by atoms with van der Waals surface area (Å²) >= 11 is 6.58. The minimum Gasteiger partial charge on any atom is -0.633 e. The van der Waals surface area contributed by atoms with E-state index in [-0.39, 0.29) is 10.8 Å². The number of Topliss-reactive ketones (excluding diaryl/α,β-unsaturated/α-hetero) is 1. The summed E-state index contributed by atoms with van der Waals surface area (Å²) in [5.74, 6) is -0.102. The van der Waals surface area contributed by atoms with Gasteiger partial charge in [-0.15, -0.1) is 0 Å². The van der Waals surface area contributed by atoms with Crippen LogP contribution in [0.1, 0.15) is 27.7 Å². The molecule has 0 aromatic carbocycles. The molecule has 1 rings (SSSR count). The molecule has 5 heteroatoms. The van der Waals surface area contributed by atoms with Gasteiger partial charge in [0.1, 0.15) is 5.54 Å². The molecule has 1 unspecified atom stereocenters. The smallest absolute Gasteiger partial charge is 0.226 e. The van der Waals surface area contributed by atoms with E-state index < -0.39 is 14.3 Å². The first-order valence-electron chi connectivity index (χ1n) is 4.04. The lowest BCUT2D eigenvalue weighted by atomic mass is 9.99. The molecule has 0 saturated carbocycles. The van der Waals surface area contributed by atoms with E-state index in [2.05, 4.69) is 31.9 Å². The third-order valence-electron chi connectivity index (χ3n) is 2.77. The predicted octanol–water partition coefficient (Wildman–Crippen LogP) is 0.995. The second kappa shape index (κ2) is 2.78. The normalized spacial score (nSPS) is 35.0. The lowest BCUT2D eigenvalue weighted by Gasteiger charge is -2.40. The molecule has 0 radical (unpaired) electrons. The Morgan fingerprint density at radius 2 is 1.62 bits per heavy atom. The summed E-state index contributed by atoms with van der Waals surface area (Å²) in [5.41, 5.74) is -1.59. The van der Waals surface area contributed by atoms with Crippen LogP contribution in [-0.2, 0) is 4.79 Å². The molecule has 1 N–H and O–H groups in total. The summed E-state index contributed by atoms with van der Waals surface area (Å²) in [4.78, 5) is 11.9. The van der Waals surface area contributed by atoms with Gasteiger partial charge in [-0.25, -0.2) is 0 Å². The van der Waals surface area contributed by atoms with Crippen LogP contribution in [0.5, 0.6) is 0 Å². The van der Waals surface area contributed by atoms with Gasteiger partial charge in [-0.2, -0.15) is 0 Å². The largest absolute Gasteiger partial charge is 0.633 e. The molecule has 1 saturated heterocycles. The molecule has 1 aliphatic heterocycles. The summed E-state index contributed by atoms with van der Waals surface area (Å²) in [6, 6.07) is 0. The van der Waals surface area contributed by atoms with E-state index in [1.807, 2.05) is 0 Å². The number of hydrogen-bond donors (Lipinski definition) is 1. The van der Waals surface area contributed by atoms with Gasteiger partial charge in [-0.3, -0.25) is 4.79 Å². The Morgan fingerprint density at radius 1 is 1.23 bits per heavy atom. The van der Waals surface area contributed by atoms with Crippen molar-refractivity contribution in [3.8, 4) is 0 Å². The number of nitrogens with one attached hydrogen (secondary N) is 1. The van der Waals surface area contributed by atoms with Gasteiger partial charge in [0.05, 0.1) is 0 Å². The highest BCUT2D eigenvalue weighted by atomic mass is 79.9. The van der Waals surface area contributed by atoms with Crippen molar-refractivity contribution in [2.75, 3.05) is 0 Å². The summed E-state index contributed by atoms with van der Waals surface area (Å²) in [6.07, 6.45) is 0. The average molecular weight is 315 g/mol. The van der Waals surface area contributed by atoms with Crippen LogP contribution in [0, 0.1) is 5.21 Å². The van der Waals surface area contributed by atoms with Crippen molar-refractivity contribution in [2.24, 2.45) is 0 Å². The van der Waals surface area contributed by atoms with E-state index in [4.69, 9.17) is 0 Å². The molecular weight excluding hydrogens is 302 g/mol. The number of carbonyl (C=O) groups excluding carboxylic acids is 1. The van der Waals surface area contributed by atoms with E-state index in [0.29, 0.717) is 0 Å². The van der Waals surface area contributed by atoms with Gasteiger partial charge in [0, 0.05) is 0 Å². The Balaban J connectivity index is 3.29. The van der Waals surface area contributed by atoms with Crippen LogP contribution in [0.25, 0.3) is 0 Å². The van der Waals surface area contributed by atoms with Crippen LogP contribution in [-0.4, -0.2) is 20.1 Å². The van der Waals surface area contributed by atoms with Gasteiger partial charge >= 0.3 is 0 Å². The molecule has 1 atom stereocenters. The molecule has 0 aromatic rings. The van der Waals surface area contributed by atoms with Crippen LogP contribution in [0.3, 0.4) is 0 Å². The number of carbonyl (C=O) groups is 1. The summed E-state index contributed by atoms with van der Waals surface area (Å²) in [6.45, 7) is 6.88. The molecule has 1 heterocycles. The van der Waals surface area contributed by atoms with E-state index >= 15 is 0 Å². The van der Waals surface area contributed by atoms with E-state index in [1.165, 1.54) is 0 Å². The lowest BCUT2D eigenvalue weighted by Crippen LogP contribution is -3.20. The number of hydroxylamine groups is 2. The van der Waals surface area contributed by atoms with Gasteiger partial charge < -0.3 is 10.3 Å². The van der Waals surface area contributed by atoms with Crippen molar-refractivity contribution in [2.45, 2.75) is 42.0 Å². The fourth-order valence-corrected chi connectivity index (χ4v) is 3.05. The SMILES string of the molecule is CC1(C)C(=O)C(Br)(Br)C(C)(C)[NH+]1[O-]. The molecule has 13 heavy (non-hydrogen) atoms. The molecule has 0 aliphatic carbocycles. The van der Waals surface area contributed by atoms with Crippen molar-refractivity contribution in [3.63, 3.8) is 0 Å². The average Bonchev–Trinajstić information content (AvgIpc) is 2.05. The third kappa shape index (κ3) is 1.24. The van der Waals surface area contributed by atoms with Crippen molar-refractivity contribution in [3.05, 3.63) is 5.21 Å². The number of quaternary nitrogens is 1. The first kappa shape index (κ1) is 11.6. The van der Waals surface area contributed by atoms with Crippen molar-refractivity contribution >= 4 is 37.6 Å². The van der Waals surface area contributed by atoms with Crippen LogP contribution in [0.2, 0.25) is 0 Å². The first-order chi connectivity index (χ1) is 5.56. The number of alkyl halides is 2. The lowest BCUT2D eigenvalue weighted by molar-refractivity contribution is -0.926. The van der Waals surface area contributed by atoms with Crippen LogP contribution < -0.4 is 5.06 Å². The van der Waals surface area contributed by atoms with Crippen molar-refractivity contribution in [1.29, 1.82) is 0 Å². The van der Waals surface area contributed by atoms with Gasteiger partial charge in [0.15, 0.2) is 8.77 Å². The molecule has 1 fully saturated rings. The van der Waals surface area contributed by atoms with Gasteiger partial charge in [0.25, 0.3) is 0 Å². The monoisotopic (exact) mass is 313 g/mol. The molecule has 1 aliphatic rings. The number of ketones is 1. The third-order valence-corrected chi connectivity index (χ3v) is 5.48. The molecular formula is C8H13Br2NO2. The van der Waals surface area contributed by atoms with Crippen LogP contribution in [0.15, 0.2) is 0 Å². The highest BCUT2D eigenvalue weighted by molar-refractivity contribution is 9.26. The molecule has 3 nitrogen and oxygen atoms in total. The van der Waals surface area contributed by atoms with Crippen molar-refractivity contribution in [1.82, 2.24) is 0 Å². The second-order valence-electron chi connectivity index (χ2n) is 4.48. The fourth-order valence-electron chi connectivity index (χ4n) is 1.70. The maximum absolute atomic E-state index is 11.9. The molecule has 0 aromatic heterocycles. The maximum atomic E-state index is 11.9.